The van der Waals surface area contributed by atoms with E-state index in [2.05, 4.69) is 20.8 Å². The van der Waals surface area contributed by atoms with Gasteiger partial charge in [-0.2, -0.15) is 0 Å². The second-order valence-corrected chi connectivity index (χ2v) is 5.13. The molecule has 0 saturated carbocycles. The van der Waals surface area contributed by atoms with Crippen molar-refractivity contribution < 1.29 is 9.21 Å². The lowest BCUT2D eigenvalue weighted by atomic mass is 9.86. The van der Waals surface area contributed by atoms with Gasteiger partial charge in [-0.15, -0.1) is 0 Å². The van der Waals surface area contributed by atoms with E-state index in [1.165, 1.54) is 11.8 Å². The van der Waals surface area contributed by atoms with Gasteiger partial charge in [-0.1, -0.05) is 45.0 Å². The van der Waals surface area contributed by atoms with E-state index in [0.717, 1.165) is 0 Å². The fourth-order valence-corrected chi connectivity index (χ4v) is 1.67. The van der Waals surface area contributed by atoms with Crippen LogP contribution in [0.1, 0.15) is 42.5 Å². The number of carbonyl (C=O) groups excluding carboxylic acids is 1. The van der Waals surface area contributed by atoms with Gasteiger partial charge in [-0.25, -0.2) is 0 Å². The van der Waals surface area contributed by atoms with E-state index in [9.17, 15) is 4.79 Å². The third-order valence-electron chi connectivity index (χ3n) is 2.76. The molecule has 88 valence electrons. The molecule has 0 spiro atoms. The van der Waals surface area contributed by atoms with Crippen LogP contribution in [0.5, 0.6) is 0 Å². The normalized spacial score (nSPS) is 11.5. The maximum absolute atomic E-state index is 12.0. The Labute approximate surface area is 101 Å². The Morgan fingerprint density at radius 1 is 1.06 bits per heavy atom. The van der Waals surface area contributed by atoms with Crippen molar-refractivity contribution in [3.8, 4) is 0 Å². The Balaban J connectivity index is 2.28. The molecular weight excluding hydrogens is 212 g/mol. The number of hydrogen-bond acceptors (Lipinski definition) is 2. The summed E-state index contributed by atoms with van der Waals surface area (Å²) < 4.78 is 5.10. The molecule has 0 aliphatic carbocycles. The third kappa shape index (κ3) is 2.47. The molecule has 0 aliphatic rings. The van der Waals surface area contributed by atoms with Crippen LogP contribution in [0.2, 0.25) is 0 Å². The molecule has 2 aromatic rings. The van der Waals surface area contributed by atoms with Gasteiger partial charge < -0.3 is 4.42 Å². The van der Waals surface area contributed by atoms with Crippen LogP contribution in [-0.2, 0) is 5.41 Å². The van der Waals surface area contributed by atoms with Gasteiger partial charge in [0.05, 0.1) is 6.26 Å². The predicted octanol–water partition coefficient (Wildman–Crippen LogP) is 3.81. The fraction of sp³-hybridized carbons (Fsp3) is 0.267. The van der Waals surface area contributed by atoms with E-state index in [-0.39, 0.29) is 11.2 Å². The highest BCUT2D eigenvalue weighted by atomic mass is 16.3. The highest BCUT2D eigenvalue weighted by Crippen LogP contribution is 2.22. The van der Waals surface area contributed by atoms with Crippen LogP contribution in [0.25, 0.3) is 0 Å². The summed E-state index contributed by atoms with van der Waals surface area (Å²) in [5.41, 5.74) is 1.98. The summed E-state index contributed by atoms with van der Waals surface area (Å²) in [6, 6.07) is 11.1. The Hall–Kier alpha value is -1.83. The van der Waals surface area contributed by atoms with Gasteiger partial charge >= 0.3 is 0 Å². The minimum absolute atomic E-state index is 0.0736. The summed E-state index contributed by atoms with van der Waals surface area (Å²) in [7, 11) is 0. The van der Waals surface area contributed by atoms with Crippen molar-refractivity contribution in [2.45, 2.75) is 26.2 Å². The van der Waals surface area contributed by atoms with Crippen LogP contribution in [0, 0.1) is 0 Å². The average molecular weight is 228 g/mol. The molecule has 2 nitrogen and oxygen atoms in total. The lowest BCUT2D eigenvalue weighted by Crippen LogP contribution is -2.11. The van der Waals surface area contributed by atoms with Gasteiger partial charge in [0.1, 0.15) is 0 Å². The maximum atomic E-state index is 12.0. The van der Waals surface area contributed by atoms with Crippen molar-refractivity contribution in [3.63, 3.8) is 0 Å². The Morgan fingerprint density at radius 3 is 2.18 bits per heavy atom. The van der Waals surface area contributed by atoms with Crippen LogP contribution in [0.3, 0.4) is 0 Å². The monoisotopic (exact) mass is 228 g/mol. The zero-order chi connectivity index (χ0) is 12.5. The minimum Gasteiger partial charge on any atom is -0.461 e. The van der Waals surface area contributed by atoms with Gasteiger partial charge in [0, 0.05) is 5.56 Å². The molecule has 1 aromatic heterocycles. The molecule has 1 heterocycles. The maximum Gasteiger partial charge on any atom is 0.228 e. The second kappa shape index (κ2) is 4.21. The number of hydrogen-bond donors (Lipinski definition) is 0. The van der Waals surface area contributed by atoms with Crippen LogP contribution in [0.4, 0.5) is 0 Å². The predicted molar refractivity (Wildman–Crippen MR) is 67.3 cm³/mol. The number of rotatable bonds is 2. The summed E-state index contributed by atoms with van der Waals surface area (Å²) >= 11 is 0. The molecule has 2 heteroatoms. The molecule has 1 aromatic carbocycles. The molecule has 17 heavy (non-hydrogen) atoms. The van der Waals surface area contributed by atoms with Gasteiger partial charge in [-0.05, 0) is 23.1 Å². The Kier molecular flexibility index (Phi) is 2.88. The smallest absolute Gasteiger partial charge is 0.228 e. The van der Waals surface area contributed by atoms with Crippen molar-refractivity contribution in [1.82, 2.24) is 0 Å². The number of carbonyl (C=O) groups is 1. The van der Waals surface area contributed by atoms with Crippen LogP contribution in [-0.4, -0.2) is 5.78 Å². The first kappa shape index (κ1) is 11.6. The lowest BCUT2D eigenvalue weighted by Gasteiger charge is -2.18. The van der Waals surface area contributed by atoms with E-state index in [4.69, 9.17) is 4.42 Å². The first-order valence-electron chi connectivity index (χ1n) is 5.67. The molecule has 0 aliphatic heterocycles. The average Bonchev–Trinajstić information content (AvgIpc) is 2.80. The van der Waals surface area contributed by atoms with Crippen molar-refractivity contribution in [2.75, 3.05) is 0 Å². The molecule has 0 N–H and O–H groups in total. The second-order valence-electron chi connectivity index (χ2n) is 5.13. The SMILES string of the molecule is CC(C)(C)c1ccc(C(=O)c2ccco2)cc1. The van der Waals surface area contributed by atoms with Gasteiger partial charge in [0.25, 0.3) is 0 Å². The fourth-order valence-electron chi connectivity index (χ4n) is 1.67. The largest absolute Gasteiger partial charge is 0.461 e. The first-order chi connectivity index (χ1) is 7.98. The highest BCUT2D eigenvalue weighted by molar-refractivity contribution is 6.07. The summed E-state index contributed by atoms with van der Waals surface area (Å²) in [6.07, 6.45) is 1.51. The summed E-state index contributed by atoms with van der Waals surface area (Å²) in [4.78, 5) is 12.0. The molecule has 2 rings (SSSR count). The molecular formula is C15H16O2. The number of ketones is 1. The molecule has 0 atom stereocenters. The third-order valence-corrected chi connectivity index (χ3v) is 2.76. The first-order valence-corrected chi connectivity index (χ1v) is 5.67. The van der Waals surface area contributed by atoms with Gasteiger partial charge in [0.15, 0.2) is 5.76 Å². The molecule has 0 radical (unpaired) electrons. The molecule has 0 amide bonds. The lowest BCUT2D eigenvalue weighted by molar-refractivity contribution is 0.101. The van der Waals surface area contributed by atoms with E-state index < -0.39 is 0 Å². The quantitative estimate of drug-likeness (QED) is 0.732. The van der Waals surface area contributed by atoms with E-state index in [1.54, 1.807) is 12.1 Å². The molecule has 0 saturated heterocycles. The van der Waals surface area contributed by atoms with Crippen molar-refractivity contribution in [3.05, 3.63) is 59.5 Å². The zero-order valence-corrected chi connectivity index (χ0v) is 10.4. The minimum atomic E-state index is -0.0736. The van der Waals surface area contributed by atoms with E-state index >= 15 is 0 Å². The van der Waals surface area contributed by atoms with Crippen molar-refractivity contribution in [1.29, 1.82) is 0 Å². The van der Waals surface area contributed by atoms with E-state index in [0.29, 0.717) is 11.3 Å². The zero-order valence-electron chi connectivity index (χ0n) is 10.4. The van der Waals surface area contributed by atoms with Crippen molar-refractivity contribution in [2.24, 2.45) is 0 Å². The number of benzene rings is 1. The van der Waals surface area contributed by atoms with Crippen LogP contribution in [0.15, 0.2) is 47.1 Å². The molecule has 0 bridgehead atoms. The summed E-state index contributed by atoms with van der Waals surface area (Å²) in [5.74, 6) is 0.309. The van der Waals surface area contributed by atoms with Gasteiger partial charge in [0.2, 0.25) is 5.78 Å². The number of furan rings is 1. The molecule has 0 fully saturated rings. The van der Waals surface area contributed by atoms with Crippen LogP contribution >= 0.6 is 0 Å². The topological polar surface area (TPSA) is 30.2 Å². The van der Waals surface area contributed by atoms with Crippen LogP contribution < -0.4 is 0 Å². The summed E-state index contributed by atoms with van der Waals surface area (Å²) in [6.45, 7) is 6.45. The Morgan fingerprint density at radius 2 is 1.71 bits per heavy atom. The van der Waals surface area contributed by atoms with Gasteiger partial charge in [-0.3, -0.25) is 4.79 Å². The van der Waals surface area contributed by atoms with E-state index in [1.807, 2.05) is 24.3 Å². The molecule has 0 unspecified atom stereocenters. The highest BCUT2D eigenvalue weighted by Gasteiger charge is 2.15. The Bertz CT molecular complexity index is 499. The summed E-state index contributed by atoms with van der Waals surface area (Å²) in [5, 5.41) is 0. The standard InChI is InChI=1S/C15H16O2/c1-15(2,3)12-8-6-11(7-9-12)14(16)13-5-4-10-17-13/h4-10H,1-3H3. The van der Waals surface area contributed by atoms with Crippen molar-refractivity contribution >= 4 is 5.78 Å².